The van der Waals surface area contributed by atoms with Crippen LogP contribution in [0.4, 0.5) is 17.1 Å². The van der Waals surface area contributed by atoms with Crippen molar-refractivity contribution in [1.82, 2.24) is 0 Å². The fourth-order valence-electron chi connectivity index (χ4n) is 2.13. The third-order valence-corrected chi connectivity index (χ3v) is 3.44. The number of fused-ring (bicyclic) bond motifs is 1. The summed E-state index contributed by atoms with van der Waals surface area (Å²) in [6.07, 6.45) is 0. The van der Waals surface area contributed by atoms with E-state index in [0.29, 0.717) is 10.7 Å². The molecule has 2 nitrogen and oxygen atoms in total. The van der Waals surface area contributed by atoms with Crippen LogP contribution in [-0.2, 0) is 0 Å². The van der Waals surface area contributed by atoms with Gasteiger partial charge in [-0.05, 0) is 23.6 Å². The van der Waals surface area contributed by atoms with Gasteiger partial charge in [-0.3, -0.25) is 0 Å². The number of halogens is 1. The molecule has 0 amide bonds. The first-order chi connectivity index (χ1) is 9.25. The van der Waals surface area contributed by atoms with Crippen LogP contribution < -0.4 is 11.1 Å². The SMILES string of the molecule is Nc1c(Cl)cccc1Nc1cccc2ccccc12. The number of para-hydroxylation sites is 1. The van der Waals surface area contributed by atoms with Gasteiger partial charge in [0.2, 0.25) is 0 Å². The Hall–Kier alpha value is -2.19. The van der Waals surface area contributed by atoms with E-state index in [9.17, 15) is 0 Å². The Morgan fingerprint density at radius 2 is 1.47 bits per heavy atom. The first-order valence-corrected chi connectivity index (χ1v) is 6.42. The van der Waals surface area contributed by atoms with Crippen LogP contribution in [0.5, 0.6) is 0 Å². The number of nitrogens with one attached hydrogen (secondary N) is 1. The second-order valence-electron chi connectivity index (χ2n) is 4.35. The predicted molar refractivity (Wildman–Crippen MR) is 83.1 cm³/mol. The van der Waals surface area contributed by atoms with Gasteiger partial charge in [0, 0.05) is 11.1 Å². The molecule has 0 aliphatic carbocycles. The van der Waals surface area contributed by atoms with Crippen LogP contribution in [0.15, 0.2) is 60.7 Å². The van der Waals surface area contributed by atoms with Gasteiger partial charge < -0.3 is 11.1 Å². The van der Waals surface area contributed by atoms with Crippen LogP contribution in [0.2, 0.25) is 5.02 Å². The maximum Gasteiger partial charge on any atom is 0.0742 e. The summed E-state index contributed by atoms with van der Waals surface area (Å²) in [5.41, 5.74) is 8.39. The number of nitrogens with two attached hydrogens (primary N) is 1. The lowest BCUT2D eigenvalue weighted by Crippen LogP contribution is -1.97. The van der Waals surface area contributed by atoms with E-state index in [1.165, 1.54) is 5.39 Å². The van der Waals surface area contributed by atoms with E-state index in [4.69, 9.17) is 17.3 Å². The molecule has 0 heterocycles. The molecule has 3 aromatic rings. The number of benzene rings is 3. The van der Waals surface area contributed by atoms with Gasteiger partial charge in [-0.1, -0.05) is 54.1 Å². The van der Waals surface area contributed by atoms with Gasteiger partial charge in [-0.15, -0.1) is 0 Å². The molecular weight excluding hydrogens is 256 g/mol. The average Bonchev–Trinajstić information content (AvgIpc) is 2.44. The summed E-state index contributed by atoms with van der Waals surface area (Å²) in [5.74, 6) is 0. The van der Waals surface area contributed by atoms with Crippen LogP contribution in [0.3, 0.4) is 0 Å². The van der Waals surface area contributed by atoms with Gasteiger partial charge in [-0.25, -0.2) is 0 Å². The molecule has 0 atom stereocenters. The average molecular weight is 269 g/mol. The molecule has 0 saturated heterocycles. The number of hydrogen-bond donors (Lipinski definition) is 2. The highest BCUT2D eigenvalue weighted by atomic mass is 35.5. The molecule has 0 aromatic heterocycles. The zero-order chi connectivity index (χ0) is 13.2. The maximum absolute atomic E-state index is 6.03. The van der Waals surface area contributed by atoms with Crippen molar-refractivity contribution in [1.29, 1.82) is 0 Å². The highest BCUT2D eigenvalue weighted by Gasteiger charge is 2.05. The van der Waals surface area contributed by atoms with Crippen molar-refractivity contribution in [3.63, 3.8) is 0 Å². The summed E-state index contributed by atoms with van der Waals surface area (Å²) in [6.45, 7) is 0. The predicted octanol–water partition coefficient (Wildman–Crippen LogP) is 4.82. The Bertz CT molecular complexity index is 732. The van der Waals surface area contributed by atoms with E-state index in [-0.39, 0.29) is 0 Å². The van der Waals surface area contributed by atoms with Crippen molar-refractivity contribution < 1.29 is 0 Å². The van der Waals surface area contributed by atoms with Gasteiger partial charge in [0.05, 0.1) is 16.4 Å². The van der Waals surface area contributed by atoms with Crippen molar-refractivity contribution in [3.8, 4) is 0 Å². The van der Waals surface area contributed by atoms with Gasteiger partial charge in [0.15, 0.2) is 0 Å². The normalized spacial score (nSPS) is 10.6. The highest BCUT2D eigenvalue weighted by Crippen LogP contribution is 2.32. The van der Waals surface area contributed by atoms with Crippen LogP contribution in [-0.4, -0.2) is 0 Å². The molecule has 3 N–H and O–H groups in total. The fourth-order valence-corrected chi connectivity index (χ4v) is 2.30. The summed E-state index contributed by atoms with van der Waals surface area (Å²) in [6, 6.07) is 19.9. The van der Waals surface area contributed by atoms with Crippen molar-refractivity contribution in [2.75, 3.05) is 11.1 Å². The van der Waals surface area contributed by atoms with Crippen LogP contribution >= 0.6 is 11.6 Å². The van der Waals surface area contributed by atoms with Crippen molar-refractivity contribution >= 4 is 39.4 Å². The molecule has 0 aliphatic rings. The minimum atomic E-state index is 0.560. The topological polar surface area (TPSA) is 38.0 Å². The molecule has 3 heteroatoms. The van der Waals surface area contributed by atoms with Gasteiger partial charge >= 0.3 is 0 Å². The molecule has 3 rings (SSSR count). The molecule has 3 aromatic carbocycles. The number of rotatable bonds is 2. The van der Waals surface area contributed by atoms with Crippen molar-refractivity contribution in [2.24, 2.45) is 0 Å². The van der Waals surface area contributed by atoms with Gasteiger partial charge in [0.25, 0.3) is 0 Å². The van der Waals surface area contributed by atoms with E-state index in [0.717, 1.165) is 16.8 Å². The fraction of sp³-hybridized carbons (Fsp3) is 0. The minimum Gasteiger partial charge on any atom is -0.396 e. The van der Waals surface area contributed by atoms with Crippen molar-refractivity contribution in [2.45, 2.75) is 0 Å². The summed E-state index contributed by atoms with van der Waals surface area (Å²) >= 11 is 6.03. The Morgan fingerprint density at radius 1 is 0.789 bits per heavy atom. The maximum atomic E-state index is 6.03. The number of nitrogen functional groups attached to an aromatic ring is 1. The Labute approximate surface area is 116 Å². The van der Waals surface area contributed by atoms with E-state index < -0.39 is 0 Å². The van der Waals surface area contributed by atoms with E-state index in [1.807, 2.05) is 36.4 Å². The molecular formula is C16H13ClN2. The zero-order valence-electron chi connectivity index (χ0n) is 10.2. The second kappa shape index (κ2) is 4.82. The summed E-state index contributed by atoms with van der Waals surface area (Å²) in [7, 11) is 0. The monoisotopic (exact) mass is 268 g/mol. The van der Waals surface area contributed by atoms with E-state index in [1.54, 1.807) is 6.07 Å². The van der Waals surface area contributed by atoms with Gasteiger partial charge in [0.1, 0.15) is 0 Å². The van der Waals surface area contributed by atoms with Gasteiger partial charge in [-0.2, -0.15) is 0 Å². The molecule has 94 valence electrons. The molecule has 19 heavy (non-hydrogen) atoms. The largest absolute Gasteiger partial charge is 0.396 e. The highest BCUT2D eigenvalue weighted by molar-refractivity contribution is 6.33. The molecule has 0 bridgehead atoms. The Morgan fingerprint density at radius 3 is 2.37 bits per heavy atom. The summed E-state index contributed by atoms with van der Waals surface area (Å²) < 4.78 is 0. The van der Waals surface area contributed by atoms with E-state index in [2.05, 4.69) is 23.5 Å². The second-order valence-corrected chi connectivity index (χ2v) is 4.76. The first-order valence-electron chi connectivity index (χ1n) is 6.04. The lowest BCUT2D eigenvalue weighted by Gasteiger charge is -2.12. The lowest BCUT2D eigenvalue weighted by atomic mass is 10.1. The Balaban J connectivity index is 2.09. The molecule has 0 radical (unpaired) electrons. The number of hydrogen-bond acceptors (Lipinski definition) is 2. The Kier molecular flexibility index (Phi) is 3.02. The lowest BCUT2D eigenvalue weighted by molar-refractivity contribution is 1.57. The summed E-state index contributed by atoms with van der Waals surface area (Å²) in [4.78, 5) is 0. The van der Waals surface area contributed by atoms with E-state index >= 15 is 0 Å². The number of anilines is 3. The molecule has 0 saturated carbocycles. The standard InChI is InChI=1S/C16H13ClN2/c17-13-8-4-10-15(16(13)18)19-14-9-3-6-11-5-1-2-7-12(11)14/h1-10,19H,18H2. The van der Waals surface area contributed by atoms with Crippen LogP contribution in [0.1, 0.15) is 0 Å². The third-order valence-electron chi connectivity index (χ3n) is 3.11. The summed E-state index contributed by atoms with van der Waals surface area (Å²) in [5, 5.41) is 6.25. The van der Waals surface area contributed by atoms with Crippen LogP contribution in [0.25, 0.3) is 10.8 Å². The molecule has 0 fully saturated rings. The molecule has 0 unspecified atom stereocenters. The quantitative estimate of drug-likeness (QED) is 0.654. The first kappa shape index (κ1) is 11.9. The molecule has 0 aliphatic heterocycles. The minimum absolute atomic E-state index is 0.560. The smallest absolute Gasteiger partial charge is 0.0742 e. The molecule has 0 spiro atoms. The van der Waals surface area contributed by atoms with Crippen molar-refractivity contribution in [3.05, 3.63) is 65.7 Å². The zero-order valence-corrected chi connectivity index (χ0v) is 11.0. The third kappa shape index (κ3) is 2.23. The van der Waals surface area contributed by atoms with Crippen LogP contribution in [0, 0.1) is 0 Å².